The molecular weight excluding hydrogens is 334 g/mol. The number of carboxylic acid groups (broad SMARTS) is 1. The standard InChI is InChI=1S/C20H15NO5/c1-2-4-12-5-3-6-14-11-16(20(25)26-17(12)14)18(22)21-15-9-7-13(8-10-15)19(23)24/h2-3,5-11H,1,4H2,(H,21,22)(H,23,24). The summed E-state index contributed by atoms with van der Waals surface area (Å²) < 4.78 is 5.34. The summed E-state index contributed by atoms with van der Waals surface area (Å²) in [7, 11) is 0. The van der Waals surface area contributed by atoms with Crippen molar-refractivity contribution in [2.75, 3.05) is 5.32 Å². The van der Waals surface area contributed by atoms with Crippen molar-refractivity contribution in [1.82, 2.24) is 0 Å². The summed E-state index contributed by atoms with van der Waals surface area (Å²) in [6.45, 7) is 3.67. The molecule has 3 rings (SSSR count). The number of carbonyl (C=O) groups excluding carboxylic acids is 1. The normalized spacial score (nSPS) is 10.5. The third-order valence-corrected chi connectivity index (χ3v) is 3.84. The number of carbonyl (C=O) groups is 2. The number of anilines is 1. The zero-order valence-corrected chi connectivity index (χ0v) is 13.7. The van der Waals surface area contributed by atoms with Gasteiger partial charge in [-0.25, -0.2) is 9.59 Å². The summed E-state index contributed by atoms with van der Waals surface area (Å²) in [5, 5.41) is 12.1. The van der Waals surface area contributed by atoms with Crippen LogP contribution in [0.2, 0.25) is 0 Å². The van der Waals surface area contributed by atoms with Gasteiger partial charge in [-0.2, -0.15) is 0 Å². The van der Waals surface area contributed by atoms with Crippen molar-refractivity contribution in [2.45, 2.75) is 6.42 Å². The van der Waals surface area contributed by atoms with Gasteiger partial charge in [-0.3, -0.25) is 4.79 Å². The summed E-state index contributed by atoms with van der Waals surface area (Å²) in [6.07, 6.45) is 2.25. The van der Waals surface area contributed by atoms with Crippen molar-refractivity contribution in [3.63, 3.8) is 0 Å². The first-order chi connectivity index (χ1) is 12.5. The van der Waals surface area contributed by atoms with Crippen molar-refractivity contribution in [3.8, 4) is 0 Å². The van der Waals surface area contributed by atoms with Crippen molar-refractivity contribution in [2.24, 2.45) is 0 Å². The number of para-hydroxylation sites is 1. The van der Waals surface area contributed by atoms with E-state index in [0.29, 0.717) is 23.1 Å². The predicted molar refractivity (Wildman–Crippen MR) is 97.7 cm³/mol. The quantitative estimate of drug-likeness (QED) is 0.543. The Morgan fingerprint density at radius 3 is 2.54 bits per heavy atom. The third kappa shape index (κ3) is 3.39. The van der Waals surface area contributed by atoms with Crippen LogP contribution >= 0.6 is 0 Å². The highest BCUT2D eigenvalue weighted by atomic mass is 16.4. The number of nitrogens with one attached hydrogen (secondary N) is 1. The van der Waals surface area contributed by atoms with Gasteiger partial charge >= 0.3 is 11.6 Å². The molecule has 0 unspecified atom stereocenters. The number of fused-ring (bicyclic) bond motifs is 1. The first-order valence-corrected chi connectivity index (χ1v) is 7.81. The van der Waals surface area contributed by atoms with Gasteiger partial charge in [-0.05, 0) is 42.3 Å². The van der Waals surface area contributed by atoms with E-state index in [1.165, 1.54) is 30.3 Å². The SMILES string of the molecule is C=CCc1cccc2cc(C(=O)Nc3ccc(C(=O)O)cc3)c(=O)oc12. The Bertz CT molecular complexity index is 1060. The molecule has 0 aliphatic carbocycles. The Kier molecular flexibility index (Phi) is 4.66. The Morgan fingerprint density at radius 2 is 1.88 bits per heavy atom. The summed E-state index contributed by atoms with van der Waals surface area (Å²) in [5.74, 6) is -1.69. The van der Waals surface area contributed by atoms with Gasteiger partial charge in [0.2, 0.25) is 0 Å². The average molecular weight is 349 g/mol. The van der Waals surface area contributed by atoms with E-state index in [1.54, 1.807) is 12.1 Å². The number of allylic oxidation sites excluding steroid dienone is 1. The second-order valence-electron chi connectivity index (χ2n) is 5.61. The van der Waals surface area contributed by atoms with Crippen LogP contribution in [0.25, 0.3) is 11.0 Å². The molecule has 1 heterocycles. The molecule has 130 valence electrons. The molecular formula is C20H15NO5. The van der Waals surface area contributed by atoms with Crippen LogP contribution in [0, 0.1) is 0 Å². The summed E-state index contributed by atoms with van der Waals surface area (Å²) in [6, 6.07) is 12.5. The first kappa shape index (κ1) is 17.2. The van der Waals surface area contributed by atoms with E-state index in [0.717, 1.165) is 5.56 Å². The lowest BCUT2D eigenvalue weighted by atomic mass is 10.1. The van der Waals surface area contributed by atoms with Gasteiger partial charge in [0, 0.05) is 11.1 Å². The molecule has 6 nitrogen and oxygen atoms in total. The van der Waals surface area contributed by atoms with Crippen LogP contribution in [0.1, 0.15) is 26.3 Å². The second-order valence-corrected chi connectivity index (χ2v) is 5.61. The van der Waals surface area contributed by atoms with Gasteiger partial charge in [-0.1, -0.05) is 24.3 Å². The molecule has 1 aromatic heterocycles. The van der Waals surface area contributed by atoms with E-state index >= 15 is 0 Å². The molecule has 0 bridgehead atoms. The molecule has 26 heavy (non-hydrogen) atoms. The van der Waals surface area contributed by atoms with Crippen LogP contribution in [0.5, 0.6) is 0 Å². The molecule has 0 aliphatic rings. The molecule has 1 amide bonds. The highest BCUT2D eigenvalue weighted by molar-refractivity contribution is 6.05. The number of benzene rings is 2. The van der Waals surface area contributed by atoms with Crippen LogP contribution in [-0.4, -0.2) is 17.0 Å². The molecule has 2 N–H and O–H groups in total. The zero-order chi connectivity index (χ0) is 18.7. The van der Waals surface area contributed by atoms with E-state index in [-0.39, 0.29) is 11.1 Å². The van der Waals surface area contributed by atoms with Gasteiger partial charge in [-0.15, -0.1) is 6.58 Å². The molecule has 0 aliphatic heterocycles. The first-order valence-electron chi connectivity index (χ1n) is 7.81. The van der Waals surface area contributed by atoms with Gasteiger partial charge in [0.05, 0.1) is 5.56 Å². The third-order valence-electron chi connectivity index (χ3n) is 3.84. The van der Waals surface area contributed by atoms with Crippen molar-refractivity contribution in [3.05, 3.63) is 88.3 Å². The maximum atomic E-state index is 12.4. The minimum absolute atomic E-state index is 0.1000. The van der Waals surface area contributed by atoms with Crippen LogP contribution in [0.3, 0.4) is 0 Å². The molecule has 0 fully saturated rings. The highest BCUT2D eigenvalue weighted by Gasteiger charge is 2.15. The zero-order valence-electron chi connectivity index (χ0n) is 13.7. The average Bonchev–Trinajstić information content (AvgIpc) is 2.62. The number of amides is 1. The lowest BCUT2D eigenvalue weighted by Crippen LogP contribution is -2.20. The smallest absolute Gasteiger partial charge is 0.349 e. The van der Waals surface area contributed by atoms with Crippen LogP contribution in [-0.2, 0) is 6.42 Å². The molecule has 0 saturated heterocycles. The second kappa shape index (κ2) is 7.06. The van der Waals surface area contributed by atoms with Gasteiger partial charge in [0.25, 0.3) is 5.91 Å². The van der Waals surface area contributed by atoms with Crippen molar-refractivity contribution >= 4 is 28.5 Å². The molecule has 0 atom stereocenters. The predicted octanol–water partition coefficient (Wildman–Crippen LogP) is 3.47. The Balaban J connectivity index is 1.93. The maximum Gasteiger partial charge on any atom is 0.349 e. The van der Waals surface area contributed by atoms with Crippen molar-refractivity contribution in [1.29, 1.82) is 0 Å². The van der Waals surface area contributed by atoms with E-state index in [1.807, 2.05) is 12.1 Å². The fourth-order valence-corrected chi connectivity index (χ4v) is 2.57. The molecule has 2 aromatic carbocycles. The van der Waals surface area contributed by atoms with E-state index in [2.05, 4.69) is 11.9 Å². The summed E-state index contributed by atoms with van der Waals surface area (Å²) in [5.41, 5.74) is 0.845. The summed E-state index contributed by atoms with van der Waals surface area (Å²) in [4.78, 5) is 35.5. The molecule has 0 spiro atoms. The summed E-state index contributed by atoms with van der Waals surface area (Å²) >= 11 is 0. The number of aromatic carboxylic acids is 1. The minimum Gasteiger partial charge on any atom is -0.478 e. The fraction of sp³-hybridized carbons (Fsp3) is 0.0500. The van der Waals surface area contributed by atoms with E-state index in [9.17, 15) is 14.4 Å². The lowest BCUT2D eigenvalue weighted by molar-refractivity contribution is 0.0696. The number of carboxylic acids is 1. The van der Waals surface area contributed by atoms with Crippen LogP contribution in [0.15, 0.2) is 70.4 Å². The topological polar surface area (TPSA) is 96.6 Å². The lowest BCUT2D eigenvalue weighted by Gasteiger charge is -2.07. The fourth-order valence-electron chi connectivity index (χ4n) is 2.57. The Hall–Kier alpha value is -3.67. The van der Waals surface area contributed by atoms with E-state index < -0.39 is 17.5 Å². The Labute approximate surface area is 148 Å². The monoisotopic (exact) mass is 349 g/mol. The maximum absolute atomic E-state index is 12.4. The molecule has 3 aromatic rings. The number of rotatable bonds is 5. The van der Waals surface area contributed by atoms with Gasteiger partial charge < -0.3 is 14.8 Å². The van der Waals surface area contributed by atoms with Gasteiger partial charge in [0.15, 0.2) is 0 Å². The van der Waals surface area contributed by atoms with Crippen LogP contribution in [0.4, 0.5) is 5.69 Å². The molecule has 0 saturated carbocycles. The van der Waals surface area contributed by atoms with E-state index in [4.69, 9.17) is 9.52 Å². The van der Waals surface area contributed by atoms with Crippen LogP contribution < -0.4 is 10.9 Å². The number of hydrogen-bond acceptors (Lipinski definition) is 4. The Morgan fingerprint density at radius 1 is 1.15 bits per heavy atom. The molecule has 6 heteroatoms. The number of hydrogen-bond donors (Lipinski definition) is 2. The van der Waals surface area contributed by atoms with Gasteiger partial charge in [0.1, 0.15) is 11.1 Å². The molecule has 0 radical (unpaired) electrons. The minimum atomic E-state index is -1.06. The van der Waals surface area contributed by atoms with Crippen molar-refractivity contribution < 1.29 is 19.1 Å². The largest absolute Gasteiger partial charge is 0.478 e. The highest BCUT2D eigenvalue weighted by Crippen LogP contribution is 2.20.